The van der Waals surface area contributed by atoms with Gasteiger partial charge < -0.3 is 10.6 Å². The molecule has 0 aliphatic carbocycles. The topological polar surface area (TPSA) is 41.1 Å². The zero-order valence-corrected chi connectivity index (χ0v) is 11.7. The van der Waals surface area contributed by atoms with Gasteiger partial charge in [-0.1, -0.05) is 0 Å². The number of halogens is 2. The number of benzene rings is 1. The van der Waals surface area contributed by atoms with E-state index in [0.717, 1.165) is 25.2 Å². The number of rotatable bonds is 2. The maximum absolute atomic E-state index is 11.7. The molecule has 1 saturated heterocycles. The van der Waals surface area contributed by atoms with E-state index >= 15 is 0 Å². The van der Waals surface area contributed by atoms with Crippen LogP contribution in [0.3, 0.4) is 0 Å². The van der Waals surface area contributed by atoms with Crippen LogP contribution < -0.4 is 10.6 Å². The number of anilines is 1. The smallest absolute Gasteiger partial charge is 0.228 e. The number of amides is 1. The van der Waals surface area contributed by atoms with Crippen LogP contribution in [0.2, 0.25) is 0 Å². The lowest BCUT2D eigenvalue weighted by Gasteiger charge is -2.09. The van der Waals surface area contributed by atoms with Crippen molar-refractivity contribution in [3.8, 4) is 0 Å². The highest BCUT2D eigenvalue weighted by atomic mass is 127. The molecule has 88 valence electrons. The van der Waals surface area contributed by atoms with Gasteiger partial charge >= 0.3 is 0 Å². The highest BCUT2D eigenvalue weighted by Gasteiger charge is 2.22. The predicted octanol–water partition coefficient (Wildman–Crippen LogP) is 2.26. The predicted molar refractivity (Wildman–Crippen MR) is 76.0 cm³/mol. The number of nitrogens with one attached hydrogen (secondary N) is 2. The lowest BCUT2D eigenvalue weighted by atomic mass is 10.1. The average Bonchev–Trinajstić information content (AvgIpc) is 2.74. The third-order valence-electron chi connectivity index (χ3n) is 2.54. The van der Waals surface area contributed by atoms with Crippen molar-refractivity contribution in [2.45, 2.75) is 6.42 Å². The molecule has 1 unspecified atom stereocenters. The molecule has 0 spiro atoms. The summed E-state index contributed by atoms with van der Waals surface area (Å²) in [5.41, 5.74) is 0.882. The maximum Gasteiger partial charge on any atom is 0.228 e. The zero-order chi connectivity index (χ0) is 10.7. The van der Waals surface area contributed by atoms with Gasteiger partial charge in [-0.05, 0) is 59.8 Å². The van der Waals surface area contributed by atoms with Gasteiger partial charge in [-0.2, -0.15) is 0 Å². The molecule has 0 aromatic heterocycles. The van der Waals surface area contributed by atoms with E-state index in [9.17, 15) is 4.79 Å². The average molecular weight is 353 g/mol. The third kappa shape index (κ3) is 3.61. The first-order valence-corrected chi connectivity index (χ1v) is 6.11. The van der Waals surface area contributed by atoms with Crippen LogP contribution in [-0.2, 0) is 4.79 Å². The van der Waals surface area contributed by atoms with Gasteiger partial charge in [0.1, 0.15) is 0 Å². The molecule has 16 heavy (non-hydrogen) atoms. The molecule has 5 heteroatoms. The van der Waals surface area contributed by atoms with E-state index in [1.54, 1.807) is 0 Å². The second kappa shape index (κ2) is 6.42. The molecule has 1 aliphatic heterocycles. The molecular weight excluding hydrogens is 338 g/mol. The molecule has 1 fully saturated rings. The third-order valence-corrected chi connectivity index (χ3v) is 3.26. The zero-order valence-electron chi connectivity index (χ0n) is 8.70. The summed E-state index contributed by atoms with van der Waals surface area (Å²) in [7, 11) is 0. The van der Waals surface area contributed by atoms with E-state index < -0.39 is 0 Å². The summed E-state index contributed by atoms with van der Waals surface area (Å²) in [6, 6.07) is 7.84. The van der Waals surface area contributed by atoms with E-state index in [-0.39, 0.29) is 24.2 Å². The van der Waals surface area contributed by atoms with Crippen LogP contribution in [0, 0.1) is 9.49 Å². The molecule has 2 N–H and O–H groups in total. The summed E-state index contributed by atoms with van der Waals surface area (Å²) in [6.45, 7) is 1.75. The summed E-state index contributed by atoms with van der Waals surface area (Å²) in [5.74, 6) is 0.255. The molecule has 1 aromatic carbocycles. The Balaban J connectivity index is 0.00000128. The van der Waals surface area contributed by atoms with Crippen LogP contribution in [0.15, 0.2) is 24.3 Å². The second-order valence-corrected chi connectivity index (χ2v) is 4.93. The summed E-state index contributed by atoms with van der Waals surface area (Å²) >= 11 is 2.25. The first kappa shape index (κ1) is 13.7. The fourth-order valence-electron chi connectivity index (χ4n) is 1.66. The first-order chi connectivity index (χ1) is 7.25. The molecule has 1 aromatic rings. The van der Waals surface area contributed by atoms with Crippen molar-refractivity contribution in [2.75, 3.05) is 18.4 Å². The Labute approximate surface area is 115 Å². The fraction of sp³-hybridized carbons (Fsp3) is 0.364. The van der Waals surface area contributed by atoms with Gasteiger partial charge in [0, 0.05) is 15.8 Å². The van der Waals surface area contributed by atoms with Crippen LogP contribution >= 0.6 is 35.0 Å². The van der Waals surface area contributed by atoms with Crippen LogP contribution in [0.1, 0.15) is 6.42 Å². The highest BCUT2D eigenvalue weighted by molar-refractivity contribution is 14.1. The van der Waals surface area contributed by atoms with Gasteiger partial charge in [0.15, 0.2) is 0 Å². The molecule has 1 heterocycles. The maximum atomic E-state index is 11.7. The van der Waals surface area contributed by atoms with Crippen LogP contribution in [0.5, 0.6) is 0 Å². The Morgan fingerprint density at radius 1 is 1.38 bits per heavy atom. The molecule has 1 amide bonds. The molecule has 1 aliphatic rings. The van der Waals surface area contributed by atoms with E-state index in [2.05, 4.69) is 33.2 Å². The highest BCUT2D eigenvalue weighted by Crippen LogP contribution is 2.14. The molecule has 1 atom stereocenters. The van der Waals surface area contributed by atoms with Crippen molar-refractivity contribution < 1.29 is 4.79 Å². The van der Waals surface area contributed by atoms with Crippen molar-refractivity contribution in [1.82, 2.24) is 5.32 Å². The Bertz CT molecular complexity index is 350. The van der Waals surface area contributed by atoms with Crippen molar-refractivity contribution in [3.05, 3.63) is 27.8 Å². The largest absolute Gasteiger partial charge is 0.326 e. The van der Waals surface area contributed by atoms with E-state index in [1.807, 2.05) is 24.3 Å². The minimum absolute atomic E-state index is 0. The molecular formula is C11H14ClIN2O. The van der Waals surface area contributed by atoms with Crippen molar-refractivity contribution >= 4 is 46.6 Å². The summed E-state index contributed by atoms with van der Waals surface area (Å²) < 4.78 is 1.17. The van der Waals surface area contributed by atoms with Crippen molar-refractivity contribution in [3.63, 3.8) is 0 Å². The first-order valence-electron chi connectivity index (χ1n) is 5.03. The molecule has 0 saturated carbocycles. The van der Waals surface area contributed by atoms with Gasteiger partial charge in [0.2, 0.25) is 5.91 Å². The SMILES string of the molecule is Cl.O=C(Nc1ccc(I)cc1)C1CCNC1. The van der Waals surface area contributed by atoms with Crippen LogP contribution in [-0.4, -0.2) is 19.0 Å². The van der Waals surface area contributed by atoms with Crippen LogP contribution in [0.4, 0.5) is 5.69 Å². The molecule has 2 rings (SSSR count). The normalized spacial score (nSPS) is 18.9. The number of hydrogen-bond acceptors (Lipinski definition) is 2. The standard InChI is InChI=1S/C11H13IN2O.ClH/c12-9-1-3-10(4-2-9)14-11(15)8-5-6-13-7-8;/h1-4,8,13H,5-7H2,(H,14,15);1H. The minimum atomic E-state index is 0. The Kier molecular flexibility index (Phi) is 5.51. The molecule has 3 nitrogen and oxygen atoms in total. The van der Waals surface area contributed by atoms with Gasteiger partial charge in [-0.15, -0.1) is 12.4 Å². The minimum Gasteiger partial charge on any atom is -0.326 e. The van der Waals surface area contributed by atoms with E-state index in [4.69, 9.17) is 0 Å². The Hall–Kier alpha value is -0.330. The summed E-state index contributed by atoms with van der Waals surface area (Å²) in [5, 5.41) is 6.11. The lowest BCUT2D eigenvalue weighted by molar-refractivity contribution is -0.119. The quantitative estimate of drug-likeness (QED) is 0.802. The van der Waals surface area contributed by atoms with Gasteiger partial charge in [-0.3, -0.25) is 4.79 Å². The van der Waals surface area contributed by atoms with Crippen molar-refractivity contribution in [1.29, 1.82) is 0 Å². The van der Waals surface area contributed by atoms with Crippen molar-refractivity contribution in [2.24, 2.45) is 5.92 Å². The molecule has 0 radical (unpaired) electrons. The Morgan fingerprint density at radius 2 is 2.06 bits per heavy atom. The summed E-state index contributed by atoms with van der Waals surface area (Å²) in [6.07, 6.45) is 0.941. The van der Waals surface area contributed by atoms with Gasteiger partial charge in [-0.25, -0.2) is 0 Å². The van der Waals surface area contributed by atoms with E-state index in [0.29, 0.717) is 0 Å². The Morgan fingerprint density at radius 3 is 2.62 bits per heavy atom. The monoisotopic (exact) mass is 352 g/mol. The van der Waals surface area contributed by atoms with Crippen LogP contribution in [0.25, 0.3) is 0 Å². The van der Waals surface area contributed by atoms with Gasteiger partial charge in [0.05, 0.1) is 5.92 Å². The number of hydrogen-bond donors (Lipinski definition) is 2. The number of carbonyl (C=O) groups is 1. The number of carbonyl (C=O) groups excluding carboxylic acids is 1. The van der Waals surface area contributed by atoms with Gasteiger partial charge in [0.25, 0.3) is 0 Å². The summed E-state index contributed by atoms with van der Waals surface area (Å²) in [4.78, 5) is 11.7. The second-order valence-electron chi connectivity index (χ2n) is 3.69. The lowest BCUT2D eigenvalue weighted by Crippen LogP contribution is -2.24. The molecule has 0 bridgehead atoms. The fourth-order valence-corrected chi connectivity index (χ4v) is 2.02. The van der Waals surface area contributed by atoms with E-state index in [1.165, 1.54) is 3.57 Å².